The third kappa shape index (κ3) is 5.09. The Kier molecular flexibility index (Phi) is 5.67. The lowest BCUT2D eigenvalue weighted by molar-refractivity contribution is 0.208. The second-order valence-electron chi connectivity index (χ2n) is 5.95. The van der Waals surface area contributed by atoms with Crippen molar-refractivity contribution in [2.24, 2.45) is 0 Å². The predicted octanol–water partition coefficient (Wildman–Crippen LogP) is 3.75. The first-order valence-electron chi connectivity index (χ1n) is 6.85. The summed E-state index contributed by atoms with van der Waals surface area (Å²) < 4.78 is 5.90. The van der Waals surface area contributed by atoms with Crippen LogP contribution in [0.2, 0.25) is 0 Å². The smallest absolute Gasteiger partial charge is 0.119 e. The minimum absolute atomic E-state index is 0.205. The molecule has 18 heavy (non-hydrogen) atoms. The van der Waals surface area contributed by atoms with Gasteiger partial charge in [-0.3, -0.25) is 0 Å². The van der Waals surface area contributed by atoms with E-state index in [2.05, 4.69) is 57.3 Å². The Labute approximate surface area is 112 Å². The lowest BCUT2D eigenvalue weighted by atomic mass is 9.87. The van der Waals surface area contributed by atoms with Gasteiger partial charge in [-0.05, 0) is 56.5 Å². The van der Waals surface area contributed by atoms with Crippen LogP contribution in [0.5, 0.6) is 5.75 Å². The van der Waals surface area contributed by atoms with Gasteiger partial charge in [0.25, 0.3) is 0 Å². The summed E-state index contributed by atoms with van der Waals surface area (Å²) >= 11 is 0. The van der Waals surface area contributed by atoms with E-state index in [0.29, 0.717) is 0 Å². The van der Waals surface area contributed by atoms with Gasteiger partial charge in [0.05, 0.1) is 6.10 Å². The Morgan fingerprint density at radius 2 is 1.78 bits per heavy atom. The van der Waals surface area contributed by atoms with Crippen LogP contribution < -0.4 is 10.1 Å². The zero-order valence-electron chi connectivity index (χ0n) is 12.4. The van der Waals surface area contributed by atoms with E-state index < -0.39 is 0 Å². The second-order valence-corrected chi connectivity index (χ2v) is 5.95. The summed E-state index contributed by atoms with van der Waals surface area (Å²) in [6, 6.07) is 8.48. The van der Waals surface area contributed by atoms with Crippen molar-refractivity contribution in [3.8, 4) is 5.75 Å². The Morgan fingerprint density at radius 3 is 2.28 bits per heavy atom. The lowest BCUT2D eigenvalue weighted by Crippen LogP contribution is -2.16. The van der Waals surface area contributed by atoms with E-state index in [4.69, 9.17) is 4.74 Å². The van der Waals surface area contributed by atoms with Crippen LogP contribution in [-0.4, -0.2) is 19.7 Å². The molecule has 0 fully saturated rings. The Hall–Kier alpha value is -1.02. The molecule has 0 aromatic heterocycles. The third-order valence-electron chi connectivity index (χ3n) is 3.10. The number of hydrogen-bond acceptors (Lipinski definition) is 2. The molecule has 2 nitrogen and oxygen atoms in total. The fourth-order valence-corrected chi connectivity index (χ4v) is 1.89. The van der Waals surface area contributed by atoms with Gasteiger partial charge in [-0.15, -0.1) is 0 Å². The van der Waals surface area contributed by atoms with Gasteiger partial charge in [-0.2, -0.15) is 0 Å². The quantitative estimate of drug-likeness (QED) is 0.775. The fourth-order valence-electron chi connectivity index (χ4n) is 1.89. The average molecular weight is 249 g/mol. The van der Waals surface area contributed by atoms with Crippen LogP contribution in [0.4, 0.5) is 0 Å². The van der Waals surface area contributed by atoms with Gasteiger partial charge in [0.1, 0.15) is 5.75 Å². The van der Waals surface area contributed by atoms with Crippen LogP contribution in [0.25, 0.3) is 0 Å². The minimum atomic E-state index is 0.205. The largest absolute Gasteiger partial charge is 0.491 e. The van der Waals surface area contributed by atoms with Gasteiger partial charge in [0.2, 0.25) is 0 Å². The van der Waals surface area contributed by atoms with Gasteiger partial charge in [0, 0.05) is 0 Å². The van der Waals surface area contributed by atoms with Gasteiger partial charge >= 0.3 is 0 Å². The molecule has 0 radical (unpaired) electrons. The highest BCUT2D eigenvalue weighted by atomic mass is 16.5. The van der Waals surface area contributed by atoms with Crippen LogP contribution in [0.15, 0.2) is 24.3 Å². The minimum Gasteiger partial charge on any atom is -0.491 e. The zero-order valence-corrected chi connectivity index (χ0v) is 12.4. The van der Waals surface area contributed by atoms with Crippen molar-refractivity contribution in [2.75, 3.05) is 13.6 Å². The van der Waals surface area contributed by atoms with Gasteiger partial charge in [-0.1, -0.05) is 32.9 Å². The fraction of sp³-hybridized carbons (Fsp3) is 0.625. The van der Waals surface area contributed by atoms with Crippen molar-refractivity contribution in [2.45, 2.75) is 52.1 Å². The molecule has 1 atom stereocenters. The van der Waals surface area contributed by atoms with Crippen molar-refractivity contribution in [1.29, 1.82) is 0 Å². The van der Waals surface area contributed by atoms with Crippen molar-refractivity contribution >= 4 is 0 Å². The first kappa shape index (κ1) is 15.0. The molecule has 0 aliphatic carbocycles. The highest BCUT2D eigenvalue weighted by Crippen LogP contribution is 2.24. The van der Waals surface area contributed by atoms with Gasteiger partial charge < -0.3 is 10.1 Å². The van der Waals surface area contributed by atoms with E-state index >= 15 is 0 Å². The van der Waals surface area contributed by atoms with Gasteiger partial charge in [-0.25, -0.2) is 0 Å². The van der Waals surface area contributed by atoms with E-state index in [0.717, 1.165) is 25.1 Å². The summed E-state index contributed by atoms with van der Waals surface area (Å²) in [4.78, 5) is 0. The first-order valence-corrected chi connectivity index (χ1v) is 6.85. The molecule has 1 aromatic carbocycles. The standard InChI is InChI=1S/C16H27NO/c1-13(7-6-12-17-5)18-15-10-8-14(9-11-15)16(2,3)4/h8-11,13,17H,6-7,12H2,1-5H3. The molecular formula is C16H27NO. The molecule has 0 bridgehead atoms. The molecule has 0 aliphatic heterocycles. The number of rotatable bonds is 6. The van der Waals surface area contributed by atoms with Crippen molar-refractivity contribution in [3.63, 3.8) is 0 Å². The molecule has 1 rings (SSSR count). The maximum Gasteiger partial charge on any atom is 0.119 e. The van der Waals surface area contributed by atoms with Crippen molar-refractivity contribution < 1.29 is 4.74 Å². The maximum atomic E-state index is 5.90. The van der Waals surface area contributed by atoms with E-state index in [1.165, 1.54) is 5.56 Å². The number of nitrogens with one attached hydrogen (secondary N) is 1. The Bertz CT molecular complexity index is 337. The molecule has 0 heterocycles. The summed E-state index contributed by atoms with van der Waals surface area (Å²) in [5, 5.41) is 3.16. The number of hydrogen-bond donors (Lipinski definition) is 1. The van der Waals surface area contributed by atoms with Crippen molar-refractivity contribution in [1.82, 2.24) is 5.32 Å². The molecule has 1 aromatic rings. The second kappa shape index (κ2) is 6.79. The molecule has 0 amide bonds. The molecule has 0 spiro atoms. The first-order chi connectivity index (χ1) is 8.43. The van der Waals surface area contributed by atoms with Gasteiger partial charge in [0.15, 0.2) is 0 Å². The molecule has 0 aliphatic rings. The topological polar surface area (TPSA) is 21.3 Å². The van der Waals surface area contributed by atoms with Crippen LogP contribution in [0.3, 0.4) is 0 Å². The zero-order chi connectivity index (χ0) is 13.6. The number of ether oxygens (including phenoxy) is 1. The molecule has 1 unspecified atom stereocenters. The van der Waals surface area contributed by atoms with Crippen LogP contribution in [0, 0.1) is 0 Å². The van der Waals surface area contributed by atoms with Crippen LogP contribution >= 0.6 is 0 Å². The molecule has 0 saturated carbocycles. The lowest BCUT2D eigenvalue weighted by Gasteiger charge is -2.20. The van der Waals surface area contributed by atoms with Crippen LogP contribution in [0.1, 0.15) is 46.1 Å². The third-order valence-corrected chi connectivity index (χ3v) is 3.10. The summed E-state index contributed by atoms with van der Waals surface area (Å²) in [6.45, 7) is 9.86. The average Bonchev–Trinajstić information content (AvgIpc) is 2.29. The van der Waals surface area contributed by atoms with E-state index in [1.807, 2.05) is 7.05 Å². The number of benzene rings is 1. The Balaban J connectivity index is 2.48. The maximum absolute atomic E-state index is 5.90. The molecule has 102 valence electrons. The summed E-state index contributed by atoms with van der Waals surface area (Å²) in [5.74, 6) is 0.972. The van der Waals surface area contributed by atoms with E-state index in [-0.39, 0.29) is 11.5 Å². The highest BCUT2D eigenvalue weighted by Gasteiger charge is 2.13. The monoisotopic (exact) mass is 249 g/mol. The summed E-state index contributed by atoms with van der Waals surface area (Å²) in [7, 11) is 1.98. The van der Waals surface area contributed by atoms with Crippen molar-refractivity contribution in [3.05, 3.63) is 29.8 Å². The SMILES string of the molecule is CNCCCC(C)Oc1ccc(C(C)(C)C)cc1. The molecular weight excluding hydrogens is 222 g/mol. The van der Waals surface area contributed by atoms with Crippen LogP contribution in [-0.2, 0) is 5.41 Å². The molecule has 2 heteroatoms. The summed E-state index contributed by atoms with van der Waals surface area (Å²) in [5.41, 5.74) is 1.55. The van der Waals surface area contributed by atoms with E-state index in [9.17, 15) is 0 Å². The Morgan fingerprint density at radius 1 is 1.17 bits per heavy atom. The molecule has 1 N–H and O–H groups in total. The highest BCUT2D eigenvalue weighted by molar-refractivity contribution is 5.31. The summed E-state index contributed by atoms with van der Waals surface area (Å²) in [6.07, 6.45) is 2.51. The normalized spacial score (nSPS) is 13.4. The van der Waals surface area contributed by atoms with E-state index in [1.54, 1.807) is 0 Å². The predicted molar refractivity (Wildman–Crippen MR) is 78.4 cm³/mol. The molecule has 0 saturated heterocycles.